The van der Waals surface area contributed by atoms with Crippen molar-refractivity contribution in [2.45, 2.75) is 26.5 Å². The molecule has 0 fully saturated rings. The maximum atomic E-state index is 12.5. The highest BCUT2D eigenvalue weighted by Gasteiger charge is 2.34. The molecule has 138 valence electrons. The zero-order valence-corrected chi connectivity index (χ0v) is 15.8. The number of carbonyl (C=O) groups is 1. The van der Waals surface area contributed by atoms with Gasteiger partial charge in [-0.15, -0.1) is 0 Å². The molecule has 1 amide bonds. The van der Waals surface area contributed by atoms with Gasteiger partial charge in [0.15, 0.2) is 6.10 Å². The number of nitrogens with one attached hydrogen (secondary N) is 1. The van der Waals surface area contributed by atoms with Gasteiger partial charge >= 0.3 is 0 Å². The van der Waals surface area contributed by atoms with Gasteiger partial charge in [0.25, 0.3) is 5.91 Å². The van der Waals surface area contributed by atoms with Gasteiger partial charge in [-0.3, -0.25) is 9.10 Å². The van der Waals surface area contributed by atoms with Gasteiger partial charge in [0, 0.05) is 6.54 Å². The van der Waals surface area contributed by atoms with Gasteiger partial charge in [-0.05, 0) is 37.1 Å². The monoisotopic (exact) mass is 374 g/mol. The van der Waals surface area contributed by atoms with Gasteiger partial charge in [0.2, 0.25) is 10.0 Å². The molecule has 0 aromatic heterocycles. The number of hydrogen-bond acceptors (Lipinski definition) is 4. The Labute approximate surface area is 153 Å². The highest BCUT2D eigenvalue weighted by molar-refractivity contribution is 7.92. The van der Waals surface area contributed by atoms with Crippen molar-refractivity contribution in [2.24, 2.45) is 0 Å². The molecule has 1 N–H and O–H groups in total. The topological polar surface area (TPSA) is 75.7 Å². The summed E-state index contributed by atoms with van der Waals surface area (Å²) in [7, 11) is -3.52. The third-order valence-corrected chi connectivity index (χ3v) is 5.37. The van der Waals surface area contributed by atoms with E-state index < -0.39 is 16.1 Å². The summed E-state index contributed by atoms with van der Waals surface area (Å²) in [5, 5.41) is 2.82. The largest absolute Gasteiger partial charge is 0.476 e. The fourth-order valence-corrected chi connectivity index (χ4v) is 3.84. The van der Waals surface area contributed by atoms with Crippen LogP contribution in [0, 0.1) is 13.8 Å². The van der Waals surface area contributed by atoms with Gasteiger partial charge in [-0.25, -0.2) is 8.42 Å². The summed E-state index contributed by atoms with van der Waals surface area (Å²) in [5.41, 5.74) is 3.47. The van der Waals surface area contributed by atoms with Crippen LogP contribution in [0.5, 0.6) is 5.75 Å². The Bertz CT molecular complexity index is 940. The number of fused-ring (bicyclic) bond motifs is 1. The highest BCUT2D eigenvalue weighted by Crippen LogP contribution is 2.35. The van der Waals surface area contributed by atoms with E-state index in [0.29, 0.717) is 18.0 Å². The van der Waals surface area contributed by atoms with Crippen LogP contribution in [0.25, 0.3) is 0 Å². The van der Waals surface area contributed by atoms with E-state index in [-0.39, 0.29) is 12.5 Å². The van der Waals surface area contributed by atoms with Gasteiger partial charge in [0.1, 0.15) is 5.75 Å². The van der Waals surface area contributed by atoms with Crippen molar-refractivity contribution in [1.29, 1.82) is 0 Å². The van der Waals surface area contributed by atoms with Crippen molar-refractivity contribution in [3.8, 4) is 5.75 Å². The summed E-state index contributed by atoms with van der Waals surface area (Å²) in [4.78, 5) is 12.5. The molecule has 0 unspecified atom stereocenters. The smallest absolute Gasteiger partial charge is 0.263 e. The predicted molar refractivity (Wildman–Crippen MR) is 101 cm³/mol. The highest BCUT2D eigenvalue weighted by atomic mass is 32.2. The molecule has 1 atom stereocenters. The Morgan fingerprint density at radius 1 is 1.19 bits per heavy atom. The van der Waals surface area contributed by atoms with Crippen LogP contribution in [-0.4, -0.2) is 33.2 Å². The predicted octanol–water partition coefficient (Wildman–Crippen LogP) is 2.15. The van der Waals surface area contributed by atoms with Crippen molar-refractivity contribution in [3.05, 3.63) is 59.2 Å². The number of hydrogen-bond donors (Lipinski definition) is 1. The van der Waals surface area contributed by atoms with Crippen molar-refractivity contribution >= 4 is 21.6 Å². The van der Waals surface area contributed by atoms with Crippen LogP contribution in [0.15, 0.2) is 42.5 Å². The number of anilines is 1. The number of rotatable bonds is 4. The molecule has 0 saturated carbocycles. The van der Waals surface area contributed by atoms with E-state index in [1.807, 2.05) is 44.2 Å². The van der Waals surface area contributed by atoms with Crippen molar-refractivity contribution < 1.29 is 17.9 Å². The molecule has 0 radical (unpaired) electrons. The molecule has 0 aliphatic carbocycles. The molecule has 0 saturated heterocycles. The van der Waals surface area contributed by atoms with Crippen LogP contribution < -0.4 is 14.4 Å². The molecular formula is C19H22N2O4S. The number of sulfonamides is 1. The number of ether oxygens (including phenoxy) is 1. The fraction of sp³-hybridized carbons (Fsp3) is 0.316. The van der Waals surface area contributed by atoms with E-state index in [1.165, 1.54) is 4.31 Å². The first-order valence-corrected chi connectivity index (χ1v) is 10.2. The molecule has 1 heterocycles. The average Bonchev–Trinajstić information content (AvgIpc) is 2.58. The lowest BCUT2D eigenvalue weighted by molar-refractivity contribution is -0.127. The van der Waals surface area contributed by atoms with Crippen LogP contribution >= 0.6 is 0 Å². The molecule has 2 aromatic carbocycles. The average molecular weight is 374 g/mol. The minimum atomic E-state index is -3.52. The normalized spacial score (nSPS) is 16.6. The molecule has 1 aliphatic rings. The summed E-state index contributed by atoms with van der Waals surface area (Å²) < 4.78 is 31.4. The zero-order chi connectivity index (χ0) is 18.9. The van der Waals surface area contributed by atoms with Crippen molar-refractivity contribution in [2.75, 3.05) is 17.1 Å². The Morgan fingerprint density at radius 2 is 1.92 bits per heavy atom. The molecule has 26 heavy (non-hydrogen) atoms. The lowest BCUT2D eigenvalue weighted by atomic mass is 10.1. The molecule has 7 heteroatoms. The Kier molecular flexibility index (Phi) is 4.91. The second-order valence-corrected chi connectivity index (χ2v) is 8.49. The Hall–Kier alpha value is -2.54. The number of benzene rings is 2. The first-order valence-electron chi connectivity index (χ1n) is 8.32. The maximum absolute atomic E-state index is 12.5. The van der Waals surface area contributed by atoms with E-state index in [1.54, 1.807) is 12.1 Å². The summed E-state index contributed by atoms with van der Waals surface area (Å²) in [5.74, 6) is 0.0503. The maximum Gasteiger partial charge on any atom is 0.263 e. The quantitative estimate of drug-likeness (QED) is 0.890. The van der Waals surface area contributed by atoms with E-state index in [2.05, 4.69) is 5.32 Å². The minimum Gasteiger partial charge on any atom is -0.476 e. The Balaban J connectivity index is 1.78. The molecular weight excluding hydrogens is 352 g/mol. The number of aryl methyl sites for hydroxylation is 2. The SMILES string of the molecule is Cc1cccc(CNC(=O)[C@H]2CN(S(C)(=O)=O)c3cc(C)ccc3O2)c1. The van der Waals surface area contributed by atoms with Crippen LogP contribution in [0.4, 0.5) is 5.69 Å². The number of carbonyl (C=O) groups excluding carboxylic acids is 1. The van der Waals surface area contributed by atoms with Crippen LogP contribution in [0.3, 0.4) is 0 Å². The third-order valence-electron chi connectivity index (χ3n) is 4.23. The van der Waals surface area contributed by atoms with Gasteiger partial charge in [0.05, 0.1) is 18.5 Å². The molecule has 0 spiro atoms. The van der Waals surface area contributed by atoms with Crippen molar-refractivity contribution in [3.63, 3.8) is 0 Å². The summed E-state index contributed by atoms with van der Waals surface area (Å²) in [6.45, 7) is 4.18. The third kappa shape index (κ3) is 3.99. The number of amides is 1. The van der Waals surface area contributed by atoms with Crippen LogP contribution in [0.1, 0.15) is 16.7 Å². The number of nitrogens with zero attached hydrogens (tertiary/aromatic N) is 1. The minimum absolute atomic E-state index is 0.0467. The van der Waals surface area contributed by atoms with Gasteiger partial charge < -0.3 is 10.1 Å². The first-order chi connectivity index (χ1) is 12.2. The molecule has 2 aromatic rings. The van der Waals surface area contributed by atoms with Gasteiger partial charge in [-0.2, -0.15) is 0 Å². The second kappa shape index (κ2) is 6.99. The van der Waals surface area contributed by atoms with Crippen LogP contribution in [0.2, 0.25) is 0 Å². The van der Waals surface area contributed by atoms with E-state index in [4.69, 9.17) is 4.74 Å². The zero-order valence-electron chi connectivity index (χ0n) is 15.0. The summed E-state index contributed by atoms with van der Waals surface area (Å²) in [6, 6.07) is 13.1. The molecule has 3 rings (SSSR count). The summed E-state index contributed by atoms with van der Waals surface area (Å²) in [6.07, 6.45) is 0.233. The van der Waals surface area contributed by atoms with Crippen molar-refractivity contribution in [1.82, 2.24) is 5.32 Å². The molecule has 1 aliphatic heterocycles. The lowest BCUT2D eigenvalue weighted by Crippen LogP contribution is -2.50. The Morgan fingerprint density at radius 3 is 2.62 bits per heavy atom. The van der Waals surface area contributed by atoms with E-state index in [9.17, 15) is 13.2 Å². The van der Waals surface area contributed by atoms with Gasteiger partial charge in [-0.1, -0.05) is 35.9 Å². The molecule has 6 nitrogen and oxygen atoms in total. The summed E-state index contributed by atoms with van der Waals surface area (Å²) >= 11 is 0. The second-order valence-electron chi connectivity index (χ2n) is 6.58. The van der Waals surface area contributed by atoms with E-state index in [0.717, 1.165) is 22.9 Å². The first kappa shape index (κ1) is 18.3. The molecule has 0 bridgehead atoms. The lowest BCUT2D eigenvalue weighted by Gasteiger charge is -2.34. The van der Waals surface area contributed by atoms with Crippen LogP contribution in [-0.2, 0) is 21.4 Å². The standard InChI is InChI=1S/C19H22N2O4S/c1-13-5-4-6-15(9-13)11-20-19(22)18-12-21(26(3,23)24)16-10-14(2)7-8-17(16)25-18/h4-10,18H,11-12H2,1-3H3,(H,20,22)/t18-/m1/s1. The van der Waals surface area contributed by atoms with E-state index >= 15 is 0 Å². The fourth-order valence-electron chi connectivity index (χ4n) is 2.94.